The van der Waals surface area contributed by atoms with Crippen LogP contribution in [-0.2, 0) is 16.6 Å². The van der Waals surface area contributed by atoms with Crippen LogP contribution in [0.5, 0.6) is 0 Å². The molecule has 1 fully saturated rings. The second-order valence-electron chi connectivity index (χ2n) is 5.62. The van der Waals surface area contributed by atoms with Crippen molar-refractivity contribution in [3.63, 3.8) is 0 Å². The molecule has 1 aliphatic heterocycles. The van der Waals surface area contributed by atoms with Crippen molar-refractivity contribution < 1.29 is 8.42 Å². The van der Waals surface area contributed by atoms with Crippen LogP contribution in [0.1, 0.15) is 33.1 Å². The van der Waals surface area contributed by atoms with Crippen molar-refractivity contribution in [2.75, 3.05) is 26.2 Å². The number of hydrogen-bond donors (Lipinski definition) is 1. The summed E-state index contributed by atoms with van der Waals surface area (Å²) in [5.41, 5.74) is 0. The molecule has 1 aromatic rings. The van der Waals surface area contributed by atoms with Gasteiger partial charge in [-0.3, -0.25) is 0 Å². The number of imidazole rings is 1. The van der Waals surface area contributed by atoms with E-state index >= 15 is 0 Å². The Bertz CT molecular complexity index is 535. The maximum absolute atomic E-state index is 12.8. The van der Waals surface area contributed by atoms with Gasteiger partial charge in [-0.25, -0.2) is 13.4 Å². The predicted octanol–water partition coefficient (Wildman–Crippen LogP) is 1.30. The molecule has 2 heterocycles. The molecule has 120 valence electrons. The summed E-state index contributed by atoms with van der Waals surface area (Å²) in [6, 6.07) is 0. The standard InChI is InChI=1S/C14H26N4O2S/c1-3-8-18(10-13-6-5-7-15-9-13)21(19,20)14-11-17(4-2)12-16-14/h11-13,15H,3-10H2,1-2H3. The van der Waals surface area contributed by atoms with Crippen LogP contribution in [-0.4, -0.2) is 48.5 Å². The Morgan fingerprint density at radius 1 is 1.48 bits per heavy atom. The van der Waals surface area contributed by atoms with Crippen molar-refractivity contribution >= 4 is 10.0 Å². The minimum atomic E-state index is -3.48. The van der Waals surface area contributed by atoms with Crippen LogP contribution in [0, 0.1) is 5.92 Å². The van der Waals surface area contributed by atoms with Crippen molar-refractivity contribution in [3.8, 4) is 0 Å². The topological polar surface area (TPSA) is 67.2 Å². The van der Waals surface area contributed by atoms with E-state index in [0.717, 1.165) is 38.9 Å². The molecule has 0 bridgehead atoms. The van der Waals surface area contributed by atoms with Crippen molar-refractivity contribution in [1.29, 1.82) is 0 Å². The van der Waals surface area contributed by atoms with Crippen molar-refractivity contribution in [1.82, 2.24) is 19.2 Å². The number of piperidine rings is 1. The molecular formula is C14H26N4O2S. The fourth-order valence-corrected chi connectivity index (χ4v) is 4.25. The van der Waals surface area contributed by atoms with E-state index in [9.17, 15) is 8.42 Å². The fourth-order valence-electron chi connectivity index (χ4n) is 2.70. The van der Waals surface area contributed by atoms with Gasteiger partial charge in [0.05, 0.1) is 6.33 Å². The molecule has 0 amide bonds. The first-order valence-electron chi connectivity index (χ1n) is 7.80. The molecule has 0 aromatic carbocycles. The van der Waals surface area contributed by atoms with E-state index in [2.05, 4.69) is 10.3 Å². The highest BCUT2D eigenvalue weighted by molar-refractivity contribution is 7.89. The maximum atomic E-state index is 12.8. The molecule has 21 heavy (non-hydrogen) atoms. The Kier molecular flexibility index (Phi) is 5.78. The number of sulfonamides is 1. The van der Waals surface area contributed by atoms with Crippen LogP contribution in [0.4, 0.5) is 0 Å². The monoisotopic (exact) mass is 314 g/mol. The van der Waals surface area contributed by atoms with Gasteiger partial charge in [0.2, 0.25) is 0 Å². The van der Waals surface area contributed by atoms with Gasteiger partial charge in [-0.15, -0.1) is 0 Å². The van der Waals surface area contributed by atoms with Crippen LogP contribution < -0.4 is 5.32 Å². The van der Waals surface area contributed by atoms with Crippen molar-refractivity contribution in [2.45, 2.75) is 44.7 Å². The van der Waals surface area contributed by atoms with Gasteiger partial charge in [0, 0.05) is 25.8 Å². The highest BCUT2D eigenvalue weighted by atomic mass is 32.2. The van der Waals surface area contributed by atoms with Gasteiger partial charge < -0.3 is 9.88 Å². The predicted molar refractivity (Wildman–Crippen MR) is 82.5 cm³/mol. The van der Waals surface area contributed by atoms with E-state index in [1.165, 1.54) is 0 Å². The quantitative estimate of drug-likeness (QED) is 0.824. The van der Waals surface area contributed by atoms with Gasteiger partial charge in [-0.05, 0) is 45.2 Å². The summed E-state index contributed by atoms with van der Waals surface area (Å²) in [4.78, 5) is 4.07. The first kappa shape index (κ1) is 16.5. The number of rotatable bonds is 7. The van der Waals surface area contributed by atoms with Gasteiger partial charge in [0.1, 0.15) is 0 Å². The van der Waals surface area contributed by atoms with Gasteiger partial charge in [-0.2, -0.15) is 4.31 Å². The van der Waals surface area contributed by atoms with E-state index < -0.39 is 10.0 Å². The second-order valence-corrected chi connectivity index (χ2v) is 7.50. The lowest BCUT2D eigenvalue weighted by Crippen LogP contribution is -2.41. The summed E-state index contributed by atoms with van der Waals surface area (Å²) < 4.78 is 28.9. The number of nitrogens with zero attached hydrogens (tertiary/aromatic N) is 3. The van der Waals surface area contributed by atoms with Gasteiger partial charge >= 0.3 is 0 Å². The molecule has 0 saturated carbocycles. The molecule has 0 radical (unpaired) electrons. The molecule has 0 aliphatic carbocycles. The average molecular weight is 314 g/mol. The third-order valence-corrected chi connectivity index (χ3v) is 5.66. The average Bonchev–Trinajstić information content (AvgIpc) is 2.97. The second kappa shape index (κ2) is 7.38. The van der Waals surface area contributed by atoms with E-state index in [-0.39, 0.29) is 5.03 Å². The molecule has 1 N–H and O–H groups in total. The van der Waals surface area contributed by atoms with Crippen LogP contribution in [0.25, 0.3) is 0 Å². The molecule has 1 saturated heterocycles. The lowest BCUT2D eigenvalue weighted by Gasteiger charge is -2.28. The first-order valence-corrected chi connectivity index (χ1v) is 9.24. The minimum Gasteiger partial charge on any atom is -0.336 e. The first-order chi connectivity index (χ1) is 10.1. The van der Waals surface area contributed by atoms with Gasteiger partial charge in [0.25, 0.3) is 10.0 Å². The molecule has 1 atom stereocenters. The summed E-state index contributed by atoms with van der Waals surface area (Å²) in [5.74, 6) is 0.397. The van der Waals surface area contributed by atoms with Crippen LogP contribution in [0.15, 0.2) is 17.6 Å². The largest absolute Gasteiger partial charge is 0.336 e. The molecule has 1 aliphatic rings. The Hall–Kier alpha value is -0.920. The summed E-state index contributed by atoms with van der Waals surface area (Å²) in [7, 11) is -3.48. The Balaban J connectivity index is 2.14. The van der Waals surface area contributed by atoms with Crippen LogP contribution in [0.2, 0.25) is 0 Å². The highest BCUT2D eigenvalue weighted by Gasteiger charge is 2.29. The number of hydrogen-bond acceptors (Lipinski definition) is 4. The molecule has 6 nitrogen and oxygen atoms in total. The molecule has 1 aromatic heterocycles. The molecule has 7 heteroatoms. The van der Waals surface area contributed by atoms with Crippen LogP contribution >= 0.6 is 0 Å². The zero-order chi connectivity index (χ0) is 15.3. The zero-order valence-electron chi connectivity index (χ0n) is 13.0. The Labute approximate surface area is 127 Å². The van der Waals surface area contributed by atoms with Crippen molar-refractivity contribution in [2.24, 2.45) is 5.92 Å². The number of aryl methyl sites for hydroxylation is 1. The smallest absolute Gasteiger partial charge is 0.262 e. The normalized spacial score (nSPS) is 20.0. The highest BCUT2D eigenvalue weighted by Crippen LogP contribution is 2.19. The molecule has 1 unspecified atom stereocenters. The van der Waals surface area contributed by atoms with Gasteiger partial charge in [0.15, 0.2) is 5.03 Å². The number of nitrogens with one attached hydrogen (secondary N) is 1. The summed E-state index contributed by atoms with van der Waals surface area (Å²) in [6.45, 7) is 7.78. The third kappa shape index (κ3) is 4.05. The maximum Gasteiger partial charge on any atom is 0.262 e. The summed E-state index contributed by atoms with van der Waals surface area (Å²) >= 11 is 0. The van der Waals surface area contributed by atoms with Crippen molar-refractivity contribution in [3.05, 3.63) is 12.5 Å². The summed E-state index contributed by atoms with van der Waals surface area (Å²) in [5, 5.41) is 3.51. The van der Waals surface area contributed by atoms with Gasteiger partial charge in [-0.1, -0.05) is 6.92 Å². The summed E-state index contributed by atoms with van der Waals surface area (Å²) in [6.07, 6.45) is 6.23. The number of aromatic nitrogens is 2. The van der Waals surface area contributed by atoms with E-state index in [4.69, 9.17) is 0 Å². The molecule has 0 spiro atoms. The Morgan fingerprint density at radius 2 is 2.29 bits per heavy atom. The minimum absolute atomic E-state index is 0.168. The lowest BCUT2D eigenvalue weighted by molar-refractivity contribution is 0.291. The fraction of sp³-hybridized carbons (Fsp3) is 0.786. The van der Waals surface area contributed by atoms with Crippen LogP contribution in [0.3, 0.4) is 0 Å². The zero-order valence-corrected chi connectivity index (χ0v) is 13.8. The SMILES string of the molecule is CCCN(CC1CCCNC1)S(=O)(=O)c1cn(CC)cn1. The van der Waals surface area contributed by atoms with E-state index in [1.807, 2.05) is 13.8 Å². The van der Waals surface area contributed by atoms with E-state index in [0.29, 0.717) is 19.0 Å². The molecule has 2 rings (SSSR count). The lowest BCUT2D eigenvalue weighted by atomic mass is 10.00. The van der Waals surface area contributed by atoms with E-state index in [1.54, 1.807) is 21.4 Å². The third-order valence-electron chi connectivity index (χ3n) is 3.91. The Morgan fingerprint density at radius 3 is 2.86 bits per heavy atom. The molecular weight excluding hydrogens is 288 g/mol.